The molecule has 7 nitrogen and oxygen atoms in total. The van der Waals surface area contributed by atoms with Crippen molar-refractivity contribution in [2.75, 3.05) is 27.4 Å². The maximum atomic E-state index is 12.2. The fraction of sp³-hybridized carbons (Fsp3) is 0.480. The second-order valence-corrected chi connectivity index (χ2v) is 8.60. The molecule has 0 amide bonds. The van der Waals surface area contributed by atoms with Gasteiger partial charge in [0.05, 0.1) is 33.5 Å². The van der Waals surface area contributed by atoms with E-state index in [1.807, 2.05) is 26.0 Å². The molecule has 174 valence electrons. The number of hydrogen-bond acceptors (Lipinski definition) is 7. The molecule has 0 bridgehead atoms. The van der Waals surface area contributed by atoms with E-state index in [9.17, 15) is 15.0 Å². The highest BCUT2D eigenvalue weighted by atomic mass is 16.5. The molecule has 1 aliphatic rings. The lowest BCUT2D eigenvalue weighted by Gasteiger charge is -2.24. The number of aromatic hydroxyl groups is 2. The zero-order chi connectivity index (χ0) is 23.3. The van der Waals surface area contributed by atoms with Crippen LogP contribution in [0.25, 0.3) is 0 Å². The summed E-state index contributed by atoms with van der Waals surface area (Å²) in [4.78, 5) is 12.2. The lowest BCUT2D eigenvalue weighted by molar-refractivity contribution is -0.146. The van der Waals surface area contributed by atoms with Gasteiger partial charge in [0, 0.05) is 12.3 Å². The quantitative estimate of drug-likeness (QED) is 0.558. The van der Waals surface area contributed by atoms with E-state index in [2.05, 4.69) is 0 Å². The van der Waals surface area contributed by atoms with Crippen LogP contribution in [0.15, 0.2) is 36.4 Å². The van der Waals surface area contributed by atoms with E-state index in [0.717, 1.165) is 11.1 Å². The van der Waals surface area contributed by atoms with Crippen LogP contribution in [0.2, 0.25) is 0 Å². The van der Waals surface area contributed by atoms with Crippen molar-refractivity contribution in [2.24, 2.45) is 17.8 Å². The van der Waals surface area contributed by atoms with E-state index in [4.69, 9.17) is 18.9 Å². The van der Waals surface area contributed by atoms with Gasteiger partial charge in [-0.1, -0.05) is 26.0 Å². The summed E-state index contributed by atoms with van der Waals surface area (Å²) < 4.78 is 22.3. The molecule has 2 aromatic rings. The average Bonchev–Trinajstić information content (AvgIpc) is 3.15. The highest BCUT2D eigenvalue weighted by Gasteiger charge is 2.39. The Bertz CT molecular complexity index is 925. The van der Waals surface area contributed by atoms with Crippen molar-refractivity contribution in [3.63, 3.8) is 0 Å². The number of ether oxygens (including phenoxy) is 4. The standard InChI is InChI=1S/C25H32O7/c1-15(2)9-24(28)31-14-19-18(10-16-5-7-20(26)22(11-16)29-3)13-32-25(19)17-6-8-21(27)23(12-17)30-4/h5-8,11-12,15,18-19,25-27H,9-10,13-14H2,1-4H3/t18-,19-,25?/m0/s1. The van der Waals surface area contributed by atoms with Gasteiger partial charge in [0.25, 0.3) is 0 Å². The van der Waals surface area contributed by atoms with Crippen molar-refractivity contribution < 1.29 is 34.0 Å². The Morgan fingerprint density at radius 3 is 2.38 bits per heavy atom. The number of phenols is 2. The van der Waals surface area contributed by atoms with Gasteiger partial charge in [0.1, 0.15) is 0 Å². The Morgan fingerprint density at radius 1 is 1.06 bits per heavy atom. The molecule has 0 saturated carbocycles. The number of benzene rings is 2. The minimum atomic E-state index is -0.305. The van der Waals surface area contributed by atoms with Crippen LogP contribution in [-0.2, 0) is 20.7 Å². The van der Waals surface area contributed by atoms with Gasteiger partial charge in [0.15, 0.2) is 23.0 Å². The minimum absolute atomic E-state index is 0.0573. The first-order valence-corrected chi connectivity index (χ1v) is 10.8. The molecule has 2 aromatic carbocycles. The molecule has 1 unspecified atom stereocenters. The summed E-state index contributed by atoms with van der Waals surface area (Å²) in [6, 6.07) is 10.4. The Labute approximate surface area is 188 Å². The summed E-state index contributed by atoms with van der Waals surface area (Å²) in [6.07, 6.45) is 0.736. The maximum Gasteiger partial charge on any atom is 0.306 e. The van der Waals surface area contributed by atoms with Crippen LogP contribution in [0.3, 0.4) is 0 Å². The number of esters is 1. The van der Waals surface area contributed by atoms with E-state index < -0.39 is 0 Å². The van der Waals surface area contributed by atoms with Gasteiger partial charge >= 0.3 is 5.97 Å². The van der Waals surface area contributed by atoms with Gasteiger partial charge in [-0.15, -0.1) is 0 Å². The van der Waals surface area contributed by atoms with Crippen molar-refractivity contribution >= 4 is 5.97 Å². The fourth-order valence-corrected chi connectivity index (χ4v) is 4.10. The second-order valence-electron chi connectivity index (χ2n) is 8.60. The summed E-state index contributed by atoms with van der Waals surface area (Å²) in [5, 5.41) is 19.8. The molecule has 32 heavy (non-hydrogen) atoms. The largest absolute Gasteiger partial charge is 0.504 e. The molecule has 0 spiro atoms. The third kappa shape index (κ3) is 5.65. The van der Waals surface area contributed by atoms with E-state index in [1.165, 1.54) is 14.2 Å². The molecule has 3 atom stereocenters. The lowest BCUT2D eigenvalue weighted by Crippen LogP contribution is -2.25. The molecule has 1 heterocycles. The first-order chi connectivity index (χ1) is 15.3. The van der Waals surface area contributed by atoms with Gasteiger partial charge in [-0.25, -0.2) is 0 Å². The first kappa shape index (κ1) is 23.7. The zero-order valence-electron chi connectivity index (χ0n) is 19.0. The van der Waals surface area contributed by atoms with Crippen molar-refractivity contribution in [1.82, 2.24) is 0 Å². The van der Waals surface area contributed by atoms with Crippen molar-refractivity contribution in [3.05, 3.63) is 47.5 Å². The molecule has 2 N–H and O–H groups in total. The van der Waals surface area contributed by atoms with Crippen LogP contribution < -0.4 is 9.47 Å². The molecule has 1 saturated heterocycles. The molecule has 3 rings (SSSR count). The number of carbonyl (C=O) groups is 1. The Hall–Kier alpha value is -2.93. The molecule has 1 fully saturated rings. The normalized spacial score (nSPS) is 20.3. The van der Waals surface area contributed by atoms with Gasteiger partial charge < -0.3 is 29.2 Å². The predicted molar refractivity (Wildman–Crippen MR) is 119 cm³/mol. The fourth-order valence-electron chi connectivity index (χ4n) is 4.10. The molecular formula is C25H32O7. The molecule has 1 aliphatic heterocycles. The van der Waals surface area contributed by atoms with Crippen molar-refractivity contribution in [3.8, 4) is 23.0 Å². The predicted octanol–water partition coefficient (Wildman–Crippen LogP) is 4.25. The smallest absolute Gasteiger partial charge is 0.306 e. The second kappa shape index (κ2) is 10.6. The van der Waals surface area contributed by atoms with Crippen LogP contribution in [0.5, 0.6) is 23.0 Å². The average molecular weight is 445 g/mol. The number of rotatable bonds is 9. The first-order valence-electron chi connectivity index (χ1n) is 10.8. The minimum Gasteiger partial charge on any atom is -0.504 e. The SMILES string of the molecule is COc1cc(C[C@H]2COC(c3ccc(O)c(OC)c3)[C@H]2COC(=O)CC(C)C)ccc1O. The van der Waals surface area contributed by atoms with Gasteiger partial charge in [0.2, 0.25) is 0 Å². The van der Waals surface area contributed by atoms with Gasteiger partial charge in [-0.3, -0.25) is 4.79 Å². The third-order valence-corrected chi connectivity index (χ3v) is 5.77. The number of carbonyl (C=O) groups excluding carboxylic acids is 1. The van der Waals surface area contributed by atoms with Crippen molar-refractivity contribution in [1.29, 1.82) is 0 Å². The highest BCUT2D eigenvalue weighted by Crippen LogP contribution is 2.43. The van der Waals surface area contributed by atoms with Crippen LogP contribution in [0.1, 0.15) is 37.5 Å². The lowest BCUT2D eigenvalue weighted by atomic mass is 9.84. The highest BCUT2D eigenvalue weighted by molar-refractivity contribution is 5.69. The van der Waals surface area contributed by atoms with Crippen LogP contribution in [-0.4, -0.2) is 43.6 Å². The number of methoxy groups -OCH3 is 2. The monoisotopic (exact) mass is 444 g/mol. The van der Waals surface area contributed by atoms with Crippen molar-refractivity contribution in [2.45, 2.75) is 32.8 Å². The molecule has 0 aliphatic carbocycles. The van der Waals surface area contributed by atoms with Gasteiger partial charge in [-0.05, 0) is 53.6 Å². The number of hydrogen-bond donors (Lipinski definition) is 2. The number of phenolic OH excluding ortho intramolecular Hbond substituents is 2. The molecular weight excluding hydrogens is 412 g/mol. The van der Waals surface area contributed by atoms with E-state index >= 15 is 0 Å². The maximum absolute atomic E-state index is 12.2. The third-order valence-electron chi connectivity index (χ3n) is 5.77. The summed E-state index contributed by atoms with van der Waals surface area (Å²) in [6.45, 7) is 4.68. The Kier molecular flexibility index (Phi) is 7.85. The van der Waals surface area contributed by atoms with Crippen LogP contribution in [0, 0.1) is 17.8 Å². The Balaban J connectivity index is 1.83. The Morgan fingerprint density at radius 2 is 1.72 bits per heavy atom. The van der Waals surface area contributed by atoms with E-state index in [-0.39, 0.29) is 47.9 Å². The van der Waals surface area contributed by atoms with E-state index in [0.29, 0.717) is 30.9 Å². The summed E-state index contributed by atoms with van der Waals surface area (Å²) >= 11 is 0. The summed E-state index contributed by atoms with van der Waals surface area (Å²) in [7, 11) is 3.02. The zero-order valence-corrected chi connectivity index (χ0v) is 19.0. The van der Waals surface area contributed by atoms with Gasteiger partial charge in [-0.2, -0.15) is 0 Å². The molecule has 7 heteroatoms. The summed E-state index contributed by atoms with van der Waals surface area (Å²) in [5.74, 6) is 0.934. The molecule has 0 radical (unpaired) electrons. The van der Waals surface area contributed by atoms with Crippen LogP contribution >= 0.6 is 0 Å². The summed E-state index contributed by atoms with van der Waals surface area (Å²) in [5.41, 5.74) is 1.85. The van der Waals surface area contributed by atoms with Crippen LogP contribution in [0.4, 0.5) is 0 Å². The molecule has 0 aromatic heterocycles. The topological polar surface area (TPSA) is 94.5 Å². The van der Waals surface area contributed by atoms with E-state index in [1.54, 1.807) is 24.3 Å².